The number of hydrogen-bond donors (Lipinski definition) is 1. The van der Waals surface area contributed by atoms with Crippen LogP contribution in [0.4, 0.5) is 4.39 Å². The largest absolute Gasteiger partial charge is 0.295 e. The molecule has 0 fully saturated rings. The highest BCUT2D eigenvalue weighted by Crippen LogP contribution is 2.32. The Kier molecular flexibility index (Phi) is 3.94. The molecule has 1 N–H and O–H groups in total. The fourth-order valence-electron chi connectivity index (χ4n) is 3.14. The maximum atomic E-state index is 13.1. The number of carbonyl (C=O) groups is 1. The second-order valence-electron chi connectivity index (χ2n) is 6.08. The van der Waals surface area contributed by atoms with Crippen LogP contribution in [-0.4, -0.2) is 10.9 Å². The summed E-state index contributed by atoms with van der Waals surface area (Å²) in [5.41, 5.74) is 7.05. The summed E-state index contributed by atoms with van der Waals surface area (Å²) in [7, 11) is 0. The van der Waals surface area contributed by atoms with Gasteiger partial charge in [-0.3, -0.25) is 15.2 Å². The van der Waals surface area contributed by atoms with E-state index in [0.29, 0.717) is 6.54 Å². The van der Waals surface area contributed by atoms with Gasteiger partial charge >= 0.3 is 0 Å². The van der Waals surface area contributed by atoms with Crippen LogP contribution < -0.4 is 5.43 Å². The van der Waals surface area contributed by atoms with E-state index in [0.717, 1.165) is 22.4 Å². The van der Waals surface area contributed by atoms with Gasteiger partial charge in [-0.1, -0.05) is 66.8 Å². The van der Waals surface area contributed by atoms with Crippen LogP contribution in [0.3, 0.4) is 0 Å². The van der Waals surface area contributed by atoms with Crippen molar-refractivity contribution in [2.45, 2.75) is 6.54 Å². The third-order valence-electron chi connectivity index (χ3n) is 4.41. The second-order valence-corrected chi connectivity index (χ2v) is 6.08. The lowest BCUT2D eigenvalue weighted by molar-refractivity contribution is -0.136. The number of hydrazine groups is 1. The quantitative estimate of drug-likeness (QED) is 0.926. The van der Waals surface area contributed by atoms with Crippen LogP contribution in [-0.2, 0) is 11.3 Å². The molecule has 0 saturated heterocycles. The number of benzene rings is 2. The van der Waals surface area contributed by atoms with Gasteiger partial charge in [-0.25, -0.2) is 4.39 Å². The van der Waals surface area contributed by atoms with Crippen molar-refractivity contribution in [2.24, 2.45) is 5.92 Å². The zero-order chi connectivity index (χ0) is 17.2. The summed E-state index contributed by atoms with van der Waals surface area (Å²) in [6.45, 7) is 0.372. The monoisotopic (exact) mass is 332 g/mol. The van der Waals surface area contributed by atoms with Gasteiger partial charge in [0.1, 0.15) is 5.82 Å². The van der Waals surface area contributed by atoms with Gasteiger partial charge < -0.3 is 0 Å². The molecule has 3 nitrogen and oxygen atoms in total. The van der Waals surface area contributed by atoms with E-state index in [2.05, 4.69) is 5.43 Å². The van der Waals surface area contributed by atoms with Gasteiger partial charge in [0.05, 0.1) is 18.2 Å². The summed E-state index contributed by atoms with van der Waals surface area (Å²) in [5, 5.41) is 1.60. The zero-order valence-corrected chi connectivity index (χ0v) is 13.5. The molecule has 0 spiro atoms. The van der Waals surface area contributed by atoms with Crippen LogP contribution in [0.1, 0.15) is 11.1 Å². The summed E-state index contributed by atoms with van der Waals surface area (Å²) in [6, 6.07) is 16.2. The third kappa shape index (κ3) is 2.98. The zero-order valence-electron chi connectivity index (χ0n) is 13.5. The third-order valence-corrected chi connectivity index (χ3v) is 4.41. The van der Waals surface area contributed by atoms with Crippen LogP contribution in [0.15, 0.2) is 84.5 Å². The average molecular weight is 332 g/mol. The van der Waals surface area contributed by atoms with E-state index in [-0.39, 0.29) is 17.6 Å². The minimum Gasteiger partial charge on any atom is -0.295 e. The van der Waals surface area contributed by atoms with Crippen molar-refractivity contribution in [1.82, 2.24) is 10.4 Å². The molecule has 2 aromatic rings. The van der Waals surface area contributed by atoms with E-state index < -0.39 is 0 Å². The van der Waals surface area contributed by atoms with Crippen molar-refractivity contribution in [1.29, 1.82) is 0 Å². The van der Waals surface area contributed by atoms with Gasteiger partial charge in [0.15, 0.2) is 0 Å². The Morgan fingerprint density at radius 1 is 1.00 bits per heavy atom. The lowest BCUT2D eigenvalue weighted by Gasteiger charge is -2.36. The number of fused-ring (bicyclic) bond motifs is 1. The molecule has 4 rings (SSSR count). The van der Waals surface area contributed by atoms with Crippen molar-refractivity contribution >= 4 is 11.6 Å². The molecule has 124 valence electrons. The molecule has 4 heteroatoms. The normalized spacial score (nSPS) is 19.0. The summed E-state index contributed by atoms with van der Waals surface area (Å²) >= 11 is 0. The lowest BCUT2D eigenvalue weighted by atomic mass is 9.88. The maximum absolute atomic E-state index is 13.1. The van der Waals surface area contributed by atoms with E-state index in [4.69, 9.17) is 0 Å². The average Bonchev–Trinajstić information content (AvgIpc) is 2.66. The molecular weight excluding hydrogens is 315 g/mol. The Hall–Kier alpha value is -3.14. The first-order valence-corrected chi connectivity index (χ1v) is 8.19. The molecule has 2 aromatic carbocycles. The van der Waals surface area contributed by atoms with Gasteiger partial charge in [-0.05, 0) is 28.8 Å². The van der Waals surface area contributed by atoms with Crippen molar-refractivity contribution in [2.75, 3.05) is 0 Å². The fraction of sp³-hybridized carbons (Fsp3) is 0.0952. The molecule has 2 aliphatic rings. The highest BCUT2D eigenvalue weighted by molar-refractivity contribution is 5.91. The van der Waals surface area contributed by atoms with Gasteiger partial charge in [0.25, 0.3) is 5.91 Å². The highest BCUT2D eigenvalue weighted by Gasteiger charge is 2.33. The number of carbonyl (C=O) groups excluding carboxylic acids is 1. The Labute approximate surface area is 145 Å². The standard InChI is InChI=1S/C21H17FN2O/c22-17-12-10-15(11-13-17)14-24-21(25)19-9-5-4-8-18(19)20(23-24)16-6-2-1-3-7-16/h1-13,19,23H,14H2. The number of amides is 1. The van der Waals surface area contributed by atoms with E-state index in [1.165, 1.54) is 12.1 Å². The van der Waals surface area contributed by atoms with Gasteiger partial charge in [-0.2, -0.15) is 0 Å². The summed E-state index contributed by atoms with van der Waals surface area (Å²) in [6.07, 6.45) is 7.74. The molecule has 0 radical (unpaired) electrons. The van der Waals surface area contributed by atoms with Gasteiger partial charge in [-0.15, -0.1) is 0 Å². The first-order chi connectivity index (χ1) is 12.2. The molecule has 1 aliphatic heterocycles. The maximum Gasteiger partial charge on any atom is 0.252 e. The molecule has 1 aliphatic carbocycles. The van der Waals surface area contributed by atoms with Crippen LogP contribution in [0.5, 0.6) is 0 Å². The van der Waals surface area contributed by atoms with Crippen LogP contribution in [0, 0.1) is 11.7 Å². The lowest BCUT2D eigenvalue weighted by Crippen LogP contribution is -2.49. The summed E-state index contributed by atoms with van der Waals surface area (Å²) in [5.74, 6) is -0.601. The Bertz CT molecular complexity index is 882. The van der Waals surface area contributed by atoms with E-state index in [1.807, 2.05) is 54.6 Å². The first kappa shape index (κ1) is 15.4. The van der Waals surface area contributed by atoms with Crippen molar-refractivity contribution in [3.05, 3.63) is 101 Å². The topological polar surface area (TPSA) is 32.3 Å². The van der Waals surface area contributed by atoms with Crippen LogP contribution in [0.2, 0.25) is 0 Å². The highest BCUT2D eigenvalue weighted by atomic mass is 19.1. The molecule has 0 saturated carbocycles. The van der Waals surface area contributed by atoms with E-state index in [1.54, 1.807) is 17.1 Å². The number of nitrogens with one attached hydrogen (secondary N) is 1. The number of halogens is 1. The number of hydrogen-bond acceptors (Lipinski definition) is 2. The van der Waals surface area contributed by atoms with Gasteiger partial charge in [0.2, 0.25) is 0 Å². The minimum absolute atomic E-state index is 0.0143. The fourth-order valence-corrected chi connectivity index (χ4v) is 3.14. The number of nitrogens with zero attached hydrogens (tertiary/aromatic N) is 1. The predicted octanol–water partition coefficient (Wildman–Crippen LogP) is 3.83. The predicted molar refractivity (Wildman–Crippen MR) is 95.2 cm³/mol. The van der Waals surface area contributed by atoms with Gasteiger partial charge in [0, 0.05) is 0 Å². The number of rotatable bonds is 3. The number of allylic oxidation sites excluding steroid dienone is 3. The first-order valence-electron chi connectivity index (χ1n) is 8.19. The van der Waals surface area contributed by atoms with Crippen LogP contribution >= 0.6 is 0 Å². The van der Waals surface area contributed by atoms with E-state index in [9.17, 15) is 9.18 Å². The van der Waals surface area contributed by atoms with Crippen molar-refractivity contribution < 1.29 is 9.18 Å². The van der Waals surface area contributed by atoms with Crippen molar-refractivity contribution in [3.8, 4) is 0 Å². The molecule has 0 bridgehead atoms. The molecule has 1 amide bonds. The second kappa shape index (κ2) is 6.40. The van der Waals surface area contributed by atoms with Crippen LogP contribution in [0.25, 0.3) is 5.70 Å². The SMILES string of the molecule is O=C1C2C=CC=CC2=C(c2ccccc2)NN1Cc1ccc(F)cc1. The minimum atomic E-state index is -0.304. The smallest absolute Gasteiger partial charge is 0.252 e. The summed E-state index contributed by atoms with van der Waals surface area (Å²) < 4.78 is 13.1. The Balaban J connectivity index is 1.70. The molecule has 0 aromatic heterocycles. The van der Waals surface area contributed by atoms with E-state index >= 15 is 0 Å². The Morgan fingerprint density at radius 3 is 2.52 bits per heavy atom. The molecule has 25 heavy (non-hydrogen) atoms. The Morgan fingerprint density at radius 2 is 1.76 bits per heavy atom. The molecule has 1 unspecified atom stereocenters. The summed E-state index contributed by atoms with van der Waals surface area (Å²) in [4.78, 5) is 12.9. The van der Waals surface area contributed by atoms with Crippen molar-refractivity contribution in [3.63, 3.8) is 0 Å². The molecule has 1 heterocycles. The molecule has 1 atom stereocenters. The molecular formula is C21H17FN2O.